The Kier molecular flexibility index (Phi) is 5.10. The third-order valence-corrected chi connectivity index (χ3v) is 5.51. The topological polar surface area (TPSA) is 75.4 Å². The van der Waals surface area contributed by atoms with Crippen LogP contribution in [0.5, 0.6) is 0 Å². The molecule has 2 aromatic carbocycles. The highest BCUT2D eigenvalue weighted by atomic mass is 16.3. The van der Waals surface area contributed by atoms with E-state index in [-0.39, 0.29) is 29.7 Å². The SMILES string of the molecule is CC(=O)N1CCc2ccccc2C1CC(=O)Nc1ccc2oc(C(C)(C)C)nc2c1. The maximum Gasteiger partial charge on any atom is 0.226 e. The fourth-order valence-electron chi connectivity index (χ4n) is 3.96. The number of hydrogen-bond donors (Lipinski definition) is 1. The van der Waals surface area contributed by atoms with Crippen LogP contribution in [0.15, 0.2) is 46.9 Å². The predicted octanol–water partition coefficient (Wildman–Crippen LogP) is 4.60. The Bertz CT molecular complexity index is 1110. The summed E-state index contributed by atoms with van der Waals surface area (Å²) in [5.74, 6) is 0.514. The summed E-state index contributed by atoms with van der Waals surface area (Å²) < 4.78 is 5.83. The number of nitrogens with one attached hydrogen (secondary N) is 1. The van der Waals surface area contributed by atoms with Gasteiger partial charge >= 0.3 is 0 Å². The first-order valence-electron chi connectivity index (χ1n) is 10.3. The van der Waals surface area contributed by atoms with Crippen LogP contribution in [-0.2, 0) is 21.4 Å². The van der Waals surface area contributed by atoms with E-state index in [1.165, 1.54) is 5.56 Å². The monoisotopic (exact) mass is 405 g/mol. The van der Waals surface area contributed by atoms with Crippen LogP contribution in [0.4, 0.5) is 5.69 Å². The van der Waals surface area contributed by atoms with E-state index in [1.54, 1.807) is 11.8 Å². The summed E-state index contributed by atoms with van der Waals surface area (Å²) in [7, 11) is 0. The highest BCUT2D eigenvalue weighted by molar-refractivity contribution is 5.93. The summed E-state index contributed by atoms with van der Waals surface area (Å²) in [6, 6.07) is 13.2. The number of carbonyl (C=O) groups is 2. The lowest BCUT2D eigenvalue weighted by Crippen LogP contribution is -2.40. The van der Waals surface area contributed by atoms with Gasteiger partial charge in [-0.3, -0.25) is 9.59 Å². The van der Waals surface area contributed by atoms with Crippen LogP contribution in [0.3, 0.4) is 0 Å². The highest BCUT2D eigenvalue weighted by Gasteiger charge is 2.30. The van der Waals surface area contributed by atoms with Crippen molar-refractivity contribution in [1.29, 1.82) is 0 Å². The van der Waals surface area contributed by atoms with Crippen LogP contribution >= 0.6 is 0 Å². The molecule has 2 heterocycles. The fourth-order valence-corrected chi connectivity index (χ4v) is 3.96. The van der Waals surface area contributed by atoms with Crippen molar-refractivity contribution in [1.82, 2.24) is 9.88 Å². The lowest BCUT2D eigenvalue weighted by Gasteiger charge is -2.36. The second-order valence-electron chi connectivity index (χ2n) is 8.88. The number of carbonyl (C=O) groups excluding carboxylic acids is 2. The van der Waals surface area contributed by atoms with Crippen LogP contribution in [0.25, 0.3) is 11.1 Å². The van der Waals surface area contributed by atoms with Gasteiger partial charge < -0.3 is 14.6 Å². The maximum atomic E-state index is 12.9. The van der Waals surface area contributed by atoms with Gasteiger partial charge in [0.25, 0.3) is 0 Å². The van der Waals surface area contributed by atoms with Gasteiger partial charge in [0.15, 0.2) is 5.58 Å². The Labute approximate surface area is 176 Å². The minimum Gasteiger partial charge on any atom is -0.440 e. The van der Waals surface area contributed by atoms with E-state index in [9.17, 15) is 9.59 Å². The number of rotatable bonds is 3. The van der Waals surface area contributed by atoms with Crippen molar-refractivity contribution in [2.75, 3.05) is 11.9 Å². The van der Waals surface area contributed by atoms with Gasteiger partial charge in [-0.05, 0) is 35.7 Å². The third kappa shape index (κ3) is 3.95. The van der Waals surface area contributed by atoms with Crippen LogP contribution in [0.2, 0.25) is 0 Å². The quantitative estimate of drug-likeness (QED) is 0.691. The Morgan fingerprint density at radius 1 is 1.20 bits per heavy atom. The molecule has 0 bridgehead atoms. The molecule has 1 aromatic heterocycles. The number of fused-ring (bicyclic) bond motifs is 2. The van der Waals surface area contributed by atoms with Gasteiger partial charge in [0.1, 0.15) is 5.52 Å². The molecule has 0 aliphatic carbocycles. The van der Waals surface area contributed by atoms with Crippen molar-refractivity contribution < 1.29 is 14.0 Å². The first-order chi connectivity index (χ1) is 14.2. The zero-order chi connectivity index (χ0) is 21.5. The van der Waals surface area contributed by atoms with Crippen molar-refractivity contribution in [2.45, 2.75) is 52.0 Å². The molecule has 30 heavy (non-hydrogen) atoms. The molecule has 3 aromatic rings. The standard InChI is InChI=1S/C24H27N3O3/c1-15(28)27-12-11-16-7-5-6-8-18(16)20(27)14-22(29)25-17-9-10-21-19(13-17)26-23(30-21)24(2,3)4/h5-10,13,20H,11-12,14H2,1-4H3,(H,25,29). The molecule has 0 fully saturated rings. The molecule has 0 saturated heterocycles. The van der Waals surface area contributed by atoms with Crippen LogP contribution in [0.1, 0.15) is 57.2 Å². The highest BCUT2D eigenvalue weighted by Crippen LogP contribution is 2.33. The third-order valence-electron chi connectivity index (χ3n) is 5.51. The van der Waals surface area contributed by atoms with Crippen molar-refractivity contribution >= 4 is 28.6 Å². The van der Waals surface area contributed by atoms with Gasteiger partial charge in [-0.15, -0.1) is 0 Å². The molecule has 1 N–H and O–H groups in total. The van der Waals surface area contributed by atoms with E-state index >= 15 is 0 Å². The van der Waals surface area contributed by atoms with Crippen molar-refractivity contribution in [2.24, 2.45) is 0 Å². The molecule has 0 radical (unpaired) electrons. The van der Waals surface area contributed by atoms with E-state index in [2.05, 4.69) is 16.4 Å². The number of anilines is 1. The van der Waals surface area contributed by atoms with Crippen molar-refractivity contribution in [3.8, 4) is 0 Å². The van der Waals surface area contributed by atoms with Gasteiger partial charge in [-0.25, -0.2) is 4.98 Å². The summed E-state index contributed by atoms with van der Waals surface area (Å²) in [4.78, 5) is 31.4. The summed E-state index contributed by atoms with van der Waals surface area (Å²) in [5.41, 5.74) is 4.14. The molecule has 0 saturated carbocycles. The summed E-state index contributed by atoms with van der Waals surface area (Å²) in [6.45, 7) is 8.32. The number of hydrogen-bond acceptors (Lipinski definition) is 4. The first kappa shape index (κ1) is 20.1. The Hall–Kier alpha value is -3.15. The van der Waals surface area contributed by atoms with Gasteiger partial charge in [-0.2, -0.15) is 0 Å². The van der Waals surface area contributed by atoms with Gasteiger partial charge in [0.05, 0.1) is 12.5 Å². The fraction of sp³-hybridized carbons (Fsp3) is 0.375. The number of benzene rings is 2. The molecule has 0 spiro atoms. The molecular weight excluding hydrogens is 378 g/mol. The Morgan fingerprint density at radius 2 is 1.97 bits per heavy atom. The average Bonchev–Trinajstić information content (AvgIpc) is 3.12. The number of oxazole rings is 1. The lowest BCUT2D eigenvalue weighted by molar-refractivity contribution is -0.132. The van der Waals surface area contributed by atoms with E-state index < -0.39 is 0 Å². The minimum absolute atomic E-state index is 0.0129. The summed E-state index contributed by atoms with van der Waals surface area (Å²) in [5, 5.41) is 2.96. The van der Waals surface area contributed by atoms with Gasteiger partial charge in [0, 0.05) is 24.6 Å². The predicted molar refractivity (Wildman–Crippen MR) is 116 cm³/mol. The van der Waals surface area contributed by atoms with E-state index in [0.717, 1.165) is 12.0 Å². The number of amides is 2. The van der Waals surface area contributed by atoms with Crippen molar-refractivity contribution in [3.05, 3.63) is 59.5 Å². The molecule has 2 amide bonds. The molecule has 1 atom stereocenters. The normalized spacial score (nSPS) is 16.4. The Morgan fingerprint density at radius 3 is 2.70 bits per heavy atom. The van der Waals surface area contributed by atoms with Crippen molar-refractivity contribution in [3.63, 3.8) is 0 Å². The second kappa shape index (κ2) is 7.59. The smallest absolute Gasteiger partial charge is 0.226 e. The molecule has 1 unspecified atom stereocenters. The molecule has 6 heteroatoms. The zero-order valence-corrected chi connectivity index (χ0v) is 17.9. The largest absolute Gasteiger partial charge is 0.440 e. The van der Waals surface area contributed by atoms with Crippen LogP contribution < -0.4 is 5.32 Å². The second-order valence-corrected chi connectivity index (χ2v) is 8.88. The van der Waals surface area contributed by atoms with E-state index in [4.69, 9.17) is 4.42 Å². The van der Waals surface area contributed by atoms with Crippen LogP contribution in [-0.4, -0.2) is 28.2 Å². The number of aromatic nitrogens is 1. The Balaban J connectivity index is 1.54. The zero-order valence-electron chi connectivity index (χ0n) is 17.9. The van der Waals surface area contributed by atoms with Crippen LogP contribution in [0, 0.1) is 0 Å². The maximum absolute atomic E-state index is 12.9. The molecule has 4 rings (SSSR count). The molecule has 6 nitrogen and oxygen atoms in total. The van der Waals surface area contributed by atoms with Gasteiger partial charge in [0.2, 0.25) is 17.7 Å². The summed E-state index contributed by atoms with van der Waals surface area (Å²) in [6.07, 6.45) is 1.02. The molecule has 1 aliphatic heterocycles. The minimum atomic E-state index is -0.254. The average molecular weight is 405 g/mol. The summed E-state index contributed by atoms with van der Waals surface area (Å²) >= 11 is 0. The first-order valence-corrected chi connectivity index (χ1v) is 10.3. The molecular formula is C24H27N3O3. The number of nitrogens with zero attached hydrogens (tertiary/aromatic N) is 2. The molecule has 156 valence electrons. The van der Waals surface area contributed by atoms with Gasteiger partial charge in [-0.1, -0.05) is 45.0 Å². The van der Waals surface area contributed by atoms with E-state index in [1.807, 2.05) is 57.2 Å². The molecule has 1 aliphatic rings. The van der Waals surface area contributed by atoms with E-state index in [0.29, 0.717) is 29.2 Å². The lowest BCUT2D eigenvalue weighted by atomic mass is 9.90.